The molecule has 2 aliphatic rings. The standard InChI is InChI=1S/C16H29N3O4S2/c20-14(17-5-6-22-7-8-23-9-10-24)4-2-1-3-13-15-12(11-25-13)18-16(21)19-15/h12-13,15,24H,1-11H2,(H,17,20)(H2,18,19,21). The molecule has 0 radical (unpaired) electrons. The Balaban J connectivity index is 1.41. The van der Waals surface area contributed by atoms with Gasteiger partial charge in [-0.3, -0.25) is 4.79 Å². The van der Waals surface area contributed by atoms with E-state index in [1.54, 1.807) is 0 Å². The van der Waals surface area contributed by atoms with Crippen LogP contribution in [-0.4, -0.2) is 73.7 Å². The number of thiol groups is 1. The van der Waals surface area contributed by atoms with Crippen LogP contribution in [-0.2, 0) is 14.3 Å². The van der Waals surface area contributed by atoms with Crippen LogP contribution in [0.2, 0.25) is 0 Å². The summed E-state index contributed by atoms with van der Waals surface area (Å²) in [5.41, 5.74) is 0. The number of hydrogen-bond donors (Lipinski definition) is 4. The molecule has 144 valence electrons. The van der Waals surface area contributed by atoms with Gasteiger partial charge in [0.1, 0.15) is 0 Å². The zero-order chi connectivity index (χ0) is 17.9. The lowest BCUT2D eigenvalue weighted by atomic mass is 10.0. The van der Waals surface area contributed by atoms with Crippen molar-refractivity contribution in [1.29, 1.82) is 0 Å². The topological polar surface area (TPSA) is 88.7 Å². The van der Waals surface area contributed by atoms with Crippen LogP contribution in [0, 0.1) is 0 Å². The maximum Gasteiger partial charge on any atom is 0.315 e. The lowest BCUT2D eigenvalue weighted by Gasteiger charge is -2.16. The van der Waals surface area contributed by atoms with Gasteiger partial charge in [-0.05, 0) is 12.8 Å². The molecule has 25 heavy (non-hydrogen) atoms. The second-order valence-electron chi connectivity index (χ2n) is 6.17. The van der Waals surface area contributed by atoms with E-state index in [9.17, 15) is 9.59 Å². The summed E-state index contributed by atoms with van der Waals surface area (Å²) in [6, 6.07) is 0.476. The summed E-state index contributed by atoms with van der Waals surface area (Å²) in [7, 11) is 0. The van der Waals surface area contributed by atoms with Crippen LogP contribution in [0.5, 0.6) is 0 Å². The van der Waals surface area contributed by atoms with Gasteiger partial charge in [0.15, 0.2) is 0 Å². The Kier molecular flexibility index (Phi) is 9.82. The number of hydrogen-bond acceptors (Lipinski definition) is 6. The second kappa shape index (κ2) is 11.9. The highest BCUT2D eigenvalue weighted by Crippen LogP contribution is 2.33. The number of ether oxygens (including phenoxy) is 2. The highest BCUT2D eigenvalue weighted by atomic mass is 32.2. The molecule has 9 heteroatoms. The van der Waals surface area contributed by atoms with Crippen LogP contribution in [0.3, 0.4) is 0 Å². The number of fused-ring (bicyclic) bond motifs is 1. The average molecular weight is 392 g/mol. The number of carbonyl (C=O) groups excluding carboxylic acids is 2. The molecule has 2 aliphatic heterocycles. The van der Waals surface area contributed by atoms with Crippen LogP contribution < -0.4 is 16.0 Å². The predicted octanol–water partition coefficient (Wildman–Crippen LogP) is 0.791. The Hall–Kier alpha value is -0.640. The Labute approximate surface area is 159 Å². The smallest absolute Gasteiger partial charge is 0.315 e. The number of urea groups is 1. The van der Waals surface area contributed by atoms with Crippen LogP contribution >= 0.6 is 24.4 Å². The van der Waals surface area contributed by atoms with E-state index in [2.05, 4.69) is 28.6 Å². The fourth-order valence-electron chi connectivity index (χ4n) is 3.01. The van der Waals surface area contributed by atoms with E-state index in [-0.39, 0.29) is 24.0 Å². The molecule has 2 fully saturated rings. The molecule has 2 heterocycles. The van der Waals surface area contributed by atoms with E-state index in [0.717, 1.165) is 25.0 Å². The fourth-order valence-corrected chi connectivity index (χ4v) is 4.68. The monoisotopic (exact) mass is 391 g/mol. The first-order valence-corrected chi connectivity index (χ1v) is 10.6. The molecule has 0 aromatic heterocycles. The highest BCUT2D eigenvalue weighted by molar-refractivity contribution is 8.00. The van der Waals surface area contributed by atoms with Gasteiger partial charge in [-0.1, -0.05) is 6.42 Å². The SMILES string of the molecule is O=C(CCCCC1SCC2NC(=O)NC21)NCCOCCOCCS. The number of unbranched alkanes of at least 4 members (excludes halogenated alkanes) is 1. The van der Waals surface area contributed by atoms with E-state index in [1.165, 1.54) is 0 Å². The molecule has 3 unspecified atom stereocenters. The number of amides is 3. The van der Waals surface area contributed by atoms with E-state index >= 15 is 0 Å². The third-order valence-electron chi connectivity index (χ3n) is 4.26. The van der Waals surface area contributed by atoms with Gasteiger partial charge in [0.25, 0.3) is 0 Å². The normalized spacial score (nSPS) is 24.7. The van der Waals surface area contributed by atoms with Crippen molar-refractivity contribution >= 4 is 36.3 Å². The maximum absolute atomic E-state index is 11.8. The second-order valence-corrected chi connectivity index (χ2v) is 7.89. The van der Waals surface area contributed by atoms with Crippen LogP contribution in [0.15, 0.2) is 0 Å². The van der Waals surface area contributed by atoms with Gasteiger partial charge in [-0.2, -0.15) is 24.4 Å². The van der Waals surface area contributed by atoms with Crippen LogP contribution in [0.25, 0.3) is 0 Å². The third kappa shape index (κ3) is 7.64. The molecule has 0 aromatic carbocycles. The first-order chi connectivity index (χ1) is 12.2. The summed E-state index contributed by atoms with van der Waals surface area (Å²) < 4.78 is 10.6. The molecule has 2 rings (SSSR count). The number of nitrogens with one attached hydrogen (secondary N) is 3. The van der Waals surface area contributed by atoms with E-state index in [0.29, 0.717) is 50.4 Å². The molecule has 3 amide bonds. The van der Waals surface area contributed by atoms with E-state index < -0.39 is 0 Å². The summed E-state index contributed by atoms with van der Waals surface area (Å²) in [4.78, 5) is 23.1. The van der Waals surface area contributed by atoms with Crippen LogP contribution in [0.1, 0.15) is 25.7 Å². The number of rotatable bonds is 13. The summed E-state index contributed by atoms with van der Waals surface area (Å²) in [5, 5.41) is 9.27. The number of carbonyl (C=O) groups is 2. The summed E-state index contributed by atoms with van der Waals surface area (Å²) in [5.74, 6) is 1.76. The molecule has 3 atom stereocenters. The van der Waals surface area contributed by atoms with Crippen molar-refractivity contribution in [1.82, 2.24) is 16.0 Å². The lowest BCUT2D eigenvalue weighted by Crippen LogP contribution is -2.36. The van der Waals surface area contributed by atoms with E-state index in [1.807, 2.05) is 11.8 Å². The maximum atomic E-state index is 11.8. The zero-order valence-electron chi connectivity index (χ0n) is 14.5. The summed E-state index contributed by atoms with van der Waals surface area (Å²) in [6.07, 6.45) is 3.46. The Morgan fingerprint density at radius 2 is 2.00 bits per heavy atom. The van der Waals surface area contributed by atoms with Gasteiger partial charge >= 0.3 is 6.03 Å². The van der Waals surface area contributed by atoms with Gasteiger partial charge < -0.3 is 25.4 Å². The van der Waals surface area contributed by atoms with Gasteiger partial charge in [0.05, 0.1) is 38.5 Å². The number of thioether (sulfide) groups is 1. The van der Waals surface area contributed by atoms with Crippen molar-refractivity contribution in [2.24, 2.45) is 0 Å². The molecular formula is C16H29N3O4S2. The third-order valence-corrected chi connectivity index (χ3v) is 5.95. The lowest BCUT2D eigenvalue weighted by molar-refractivity contribution is -0.121. The highest BCUT2D eigenvalue weighted by Gasteiger charge is 2.42. The van der Waals surface area contributed by atoms with E-state index in [4.69, 9.17) is 9.47 Å². The summed E-state index contributed by atoms with van der Waals surface area (Å²) >= 11 is 5.96. The Morgan fingerprint density at radius 1 is 1.20 bits per heavy atom. The largest absolute Gasteiger partial charge is 0.378 e. The van der Waals surface area contributed by atoms with Crippen molar-refractivity contribution in [3.8, 4) is 0 Å². The predicted molar refractivity (Wildman–Crippen MR) is 102 cm³/mol. The molecule has 0 aliphatic carbocycles. The first kappa shape index (κ1) is 20.7. The summed E-state index contributed by atoms with van der Waals surface area (Å²) in [6.45, 7) is 2.77. The van der Waals surface area contributed by atoms with Gasteiger partial charge in [0, 0.05) is 29.7 Å². The minimum atomic E-state index is -0.0461. The molecular weight excluding hydrogens is 362 g/mol. The minimum Gasteiger partial charge on any atom is -0.378 e. The van der Waals surface area contributed by atoms with Crippen molar-refractivity contribution < 1.29 is 19.1 Å². The molecule has 7 nitrogen and oxygen atoms in total. The fraction of sp³-hybridized carbons (Fsp3) is 0.875. The van der Waals surface area contributed by atoms with Crippen molar-refractivity contribution in [3.63, 3.8) is 0 Å². The van der Waals surface area contributed by atoms with Crippen molar-refractivity contribution in [2.45, 2.75) is 43.0 Å². The molecule has 0 spiro atoms. The zero-order valence-corrected chi connectivity index (χ0v) is 16.2. The van der Waals surface area contributed by atoms with Crippen molar-refractivity contribution in [2.75, 3.05) is 44.5 Å². The molecule has 3 N–H and O–H groups in total. The van der Waals surface area contributed by atoms with Crippen molar-refractivity contribution in [3.05, 3.63) is 0 Å². The Bertz CT molecular complexity index is 428. The van der Waals surface area contributed by atoms with Gasteiger partial charge in [-0.25, -0.2) is 4.79 Å². The molecule has 0 bridgehead atoms. The minimum absolute atomic E-state index is 0.0461. The first-order valence-electron chi connectivity index (χ1n) is 8.92. The van der Waals surface area contributed by atoms with Gasteiger partial charge in [-0.15, -0.1) is 0 Å². The van der Waals surface area contributed by atoms with Gasteiger partial charge in [0.2, 0.25) is 5.91 Å². The Morgan fingerprint density at radius 3 is 2.80 bits per heavy atom. The average Bonchev–Trinajstić information content (AvgIpc) is 3.13. The molecule has 0 aromatic rings. The molecule has 0 saturated carbocycles. The molecule has 2 saturated heterocycles. The van der Waals surface area contributed by atoms with Crippen LogP contribution in [0.4, 0.5) is 4.79 Å². The quantitative estimate of drug-likeness (QED) is 0.212.